The molecule has 3 aromatic rings. The lowest BCUT2D eigenvalue weighted by atomic mass is 10.1. The van der Waals surface area contributed by atoms with Crippen molar-refractivity contribution in [2.45, 2.75) is 18.9 Å². The number of nitrogens with zero attached hydrogens (tertiary/aromatic N) is 3. The maximum Gasteiger partial charge on any atom is 0.314 e. The molecule has 1 fully saturated rings. The highest BCUT2D eigenvalue weighted by molar-refractivity contribution is 6.40. The fourth-order valence-electron chi connectivity index (χ4n) is 3.34. The van der Waals surface area contributed by atoms with Crippen molar-refractivity contribution in [1.29, 1.82) is 0 Å². The molecular weight excluding hydrogens is 322 g/mol. The molecule has 1 saturated heterocycles. The largest absolute Gasteiger partial charge is 0.351 e. The van der Waals surface area contributed by atoms with Gasteiger partial charge in [0.25, 0.3) is 0 Å². The van der Waals surface area contributed by atoms with Gasteiger partial charge in [0.1, 0.15) is 5.82 Å². The highest BCUT2D eigenvalue weighted by Gasteiger charge is 2.23. The number of anilines is 1. The van der Waals surface area contributed by atoms with Crippen LogP contribution in [0.1, 0.15) is 18.9 Å². The first-order valence-electron chi connectivity index (χ1n) is 8.26. The van der Waals surface area contributed by atoms with Crippen molar-refractivity contribution in [2.75, 3.05) is 25.5 Å². The molecule has 0 aliphatic carbocycles. The summed E-state index contributed by atoms with van der Waals surface area (Å²) in [7, 11) is 1.42. The molecule has 2 amide bonds. The van der Waals surface area contributed by atoms with E-state index in [0.29, 0.717) is 11.5 Å². The number of hydrogen-bond acceptors (Lipinski definition) is 5. The Morgan fingerprint density at radius 3 is 2.76 bits per heavy atom. The second-order valence-electron chi connectivity index (χ2n) is 6.07. The van der Waals surface area contributed by atoms with Gasteiger partial charge in [-0.1, -0.05) is 0 Å². The molecule has 1 aliphatic rings. The van der Waals surface area contributed by atoms with Crippen LogP contribution in [-0.2, 0) is 9.59 Å². The zero-order valence-electron chi connectivity index (χ0n) is 13.8. The number of H-pyrrole nitrogens is 1. The van der Waals surface area contributed by atoms with E-state index in [4.69, 9.17) is 0 Å². The van der Waals surface area contributed by atoms with Crippen LogP contribution in [0.4, 0.5) is 5.82 Å². The van der Waals surface area contributed by atoms with E-state index < -0.39 is 11.8 Å². The minimum absolute atomic E-state index is 0.273. The van der Waals surface area contributed by atoms with Gasteiger partial charge in [-0.15, -0.1) is 0 Å². The van der Waals surface area contributed by atoms with E-state index in [1.807, 2.05) is 6.07 Å². The van der Waals surface area contributed by atoms with Gasteiger partial charge in [-0.2, -0.15) is 0 Å². The van der Waals surface area contributed by atoms with E-state index in [-0.39, 0.29) is 6.04 Å². The van der Waals surface area contributed by atoms with Crippen molar-refractivity contribution >= 4 is 39.6 Å². The third-order valence-electron chi connectivity index (χ3n) is 4.59. The number of carbonyl (C=O) groups is 2. The molecule has 0 aromatic carbocycles. The third-order valence-corrected chi connectivity index (χ3v) is 4.59. The molecule has 0 unspecified atom stereocenters. The summed E-state index contributed by atoms with van der Waals surface area (Å²) in [6.07, 6.45) is 5.35. The Morgan fingerprint density at radius 1 is 1.20 bits per heavy atom. The molecular formula is C16H19N7O2. The molecule has 4 rings (SSSR count). The minimum Gasteiger partial charge on any atom is -0.351 e. The van der Waals surface area contributed by atoms with Gasteiger partial charge in [0.05, 0.1) is 16.9 Å². The summed E-state index contributed by atoms with van der Waals surface area (Å²) in [6.45, 7) is 1.87. The van der Waals surface area contributed by atoms with E-state index in [1.165, 1.54) is 7.05 Å². The highest BCUT2D eigenvalue weighted by atomic mass is 16.2. The first-order chi connectivity index (χ1) is 12.2. The van der Waals surface area contributed by atoms with E-state index in [9.17, 15) is 9.59 Å². The van der Waals surface area contributed by atoms with Crippen molar-refractivity contribution in [3.8, 4) is 0 Å². The van der Waals surface area contributed by atoms with Gasteiger partial charge >= 0.3 is 11.8 Å². The average Bonchev–Trinajstić information content (AvgIpc) is 3.26. The minimum atomic E-state index is -0.719. The van der Waals surface area contributed by atoms with Crippen molar-refractivity contribution in [2.24, 2.45) is 0 Å². The molecule has 4 N–H and O–H groups in total. The second-order valence-corrected chi connectivity index (χ2v) is 6.07. The second kappa shape index (κ2) is 6.17. The van der Waals surface area contributed by atoms with Crippen LogP contribution in [0.25, 0.3) is 21.9 Å². The fraction of sp³-hybridized carbons (Fsp3) is 0.375. The zero-order valence-corrected chi connectivity index (χ0v) is 13.8. The Labute approximate surface area is 143 Å². The van der Waals surface area contributed by atoms with Gasteiger partial charge < -0.3 is 16.0 Å². The molecule has 0 saturated carbocycles. The maximum absolute atomic E-state index is 12.0. The normalized spacial score (nSPS) is 15.6. The molecule has 25 heavy (non-hydrogen) atoms. The van der Waals surface area contributed by atoms with Crippen LogP contribution >= 0.6 is 0 Å². The molecule has 0 atom stereocenters. The smallest absolute Gasteiger partial charge is 0.314 e. The molecule has 9 heteroatoms. The number of hydrogen-bond donors (Lipinski definition) is 4. The van der Waals surface area contributed by atoms with Gasteiger partial charge in [0.2, 0.25) is 0 Å². The first-order valence-corrected chi connectivity index (χ1v) is 8.26. The van der Waals surface area contributed by atoms with Crippen molar-refractivity contribution in [3.05, 3.63) is 18.5 Å². The van der Waals surface area contributed by atoms with Crippen molar-refractivity contribution < 1.29 is 9.59 Å². The Bertz CT molecular complexity index is 952. The van der Waals surface area contributed by atoms with E-state index in [1.54, 1.807) is 12.4 Å². The van der Waals surface area contributed by atoms with Gasteiger partial charge in [-0.05, 0) is 32.0 Å². The number of nitrogens with one attached hydrogen (secondary N) is 4. The SMILES string of the molecule is CNC(=O)C(=O)Nc1[nH]n(C2CCNCC2)c2c1cnc1nccc12. The Morgan fingerprint density at radius 2 is 2.00 bits per heavy atom. The van der Waals surface area contributed by atoms with Crippen LogP contribution in [0.3, 0.4) is 0 Å². The monoisotopic (exact) mass is 341 g/mol. The first kappa shape index (κ1) is 15.6. The highest BCUT2D eigenvalue weighted by Crippen LogP contribution is 2.32. The Balaban J connectivity index is 1.86. The third kappa shape index (κ3) is 2.62. The van der Waals surface area contributed by atoms with Crippen LogP contribution in [0, 0.1) is 0 Å². The van der Waals surface area contributed by atoms with Crippen LogP contribution in [0.15, 0.2) is 18.5 Å². The summed E-state index contributed by atoms with van der Waals surface area (Å²) < 4.78 is 2.07. The predicted molar refractivity (Wildman–Crippen MR) is 93.2 cm³/mol. The van der Waals surface area contributed by atoms with E-state index in [0.717, 1.165) is 42.2 Å². The van der Waals surface area contributed by atoms with Crippen molar-refractivity contribution in [3.63, 3.8) is 0 Å². The van der Waals surface area contributed by atoms with Gasteiger partial charge in [0.15, 0.2) is 5.65 Å². The molecule has 3 aromatic heterocycles. The van der Waals surface area contributed by atoms with E-state index in [2.05, 4.69) is 35.7 Å². The number of carbonyl (C=O) groups excluding carboxylic acids is 2. The summed E-state index contributed by atoms with van der Waals surface area (Å²) in [5.41, 5.74) is 1.61. The summed E-state index contributed by atoms with van der Waals surface area (Å²) >= 11 is 0. The number of amides is 2. The maximum atomic E-state index is 12.0. The van der Waals surface area contributed by atoms with Crippen LogP contribution in [-0.4, -0.2) is 51.7 Å². The van der Waals surface area contributed by atoms with Crippen LogP contribution < -0.4 is 16.0 Å². The van der Waals surface area contributed by atoms with Crippen LogP contribution in [0.5, 0.6) is 0 Å². The van der Waals surface area contributed by atoms with Crippen LogP contribution in [0.2, 0.25) is 0 Å². The number of rotatable bonds is 2. The molecule has 0 radical (unpaired) electrons. The quantitative estimate of drug-likeness (QED) is 0.507. The fourth-order valence-corrected chi connectivity index (χ4v) is 3.34. The lowest BCUT2D eigenvalue weighted by molar-refractivity contribution is -0.135. The van der Waals surface area contributed by atoms with E-state index >= 15 is 0 Å². The standard InChI is InChI=1S/C16H19N7O2/c1-17-15(24)16(25)21-14-11-8-20-13-10(4-7-19-13)12(11)23(22-14)9-2-5-18-6-3-9/h4,7-9,18,22H,2-3,5-6H2,1H3,(H,17,24)(H,21,25). The average molecular weight is 341 g/mol. The number of aromatic nitrogens is 4. The number of aromatic amines is 1. The lowest BCUT2D eigenvalue weighted by Crippen LogP contribution is -2.33. The molecule has 1 aliphatic heterocycles. The predicted octanol–water partition coefficient (Wildman–Crippen LogP) is 0.522. The van der Waals surface area contributed by atoms with Gasteiger partial charge in [-0.25, -0.2) is 9.97 Å². The lowest BCUT2D eigenvalue weighted by Gasteiger charge is -2.24. The molecule has 0 spiro atoms. The molecule has 0 bridgehead atoms. The number of likely N-dealkylation sites (N-methyl/N-ethyl adjacent to an activating group) is 1. The van der Waals surface area contributed by atoms with Crippen molar-refractivity contribution in [1.82, 2.24) is 30.4 Å². The summed E-state index contributed by atoms with van der Waals surface area (Å²) in [6, 6.07) is 2.19. The topological polar surface area (TPSA) is 117 Å². The summed E-state index contributed by atoms with van der Waals surface area (Å²) in [5, 5.41) is 13.3. The number of piperidine rings is 1. The molecule has 4 heterocycles. The zero-order chi connectivity index (χ0) is 17.4. The van der Waals surface area contributed by atoms with Gasteiger partial charge in [-0.3, -0.25) is 19.4 Å². The molecule has 9 nitrogen and oxygen atoms in total. The van der Waals surface area contributed by atoms with Gasteiger partial charge in [0, 0.05) is 24.8 Å². The summed E-state index contributed by atoms with van der Waals surface area (Å²) in [5.74, 6) is -0.943. The Kier molecular flexibility index (Phi) is 3.85. The Hall–Kier alpha value is -2.94. The summed E-state index contributed by atoms with van der Waals surface area (Å²) in [4.78, 5) is 32.2. The number of fused-ring (bicyclic) bond motifs is 3. The number of pyridine rings is 1. The molecule has 130 valence electrons.